The van der Waals surface area contributed by atoms with Crippen molar-refractivity contribution in [1.29, 1.82) is 0 Å². The van der Waals surface area contributed by atoms with Crippen LogP contribution in [0.4, 0.5) is 0 Å². The Morgan fingerprint density at radius 2 is 2.33 bits per heavy atom. The molecule has 0 spiro atoms. The van der Waals surface area contributed by atoms with E-state index in [0.29, 0.717) is 5.69 Å². The van der Waals surface area contributed by atoms with Gasteiger partial charge in [0.1, 0.15) is 5.52 Å². The Bertz CT molecular complexity index is 521. The number of carboxylic acids is 1. The summed E-state index contributed by atoms with van der Waals surface area (Å²) in [5, 5.41) is 16.6. The molecule has 1 aromatic carbocycles. The lowest BCUT2D eigenvalue weighted by Gasteiger charge is -2.02. The van der Waals surface area contributed by atoms with Gasteiger partial charge in [-0.05, 0) is 28.9 Å². The minimum Gasteiger partial charge on any atom is -0.481 e. The van der Waals surface area contributed by atoms with Gasteiger partial charge in [-0.25, -0.2) is 0 Å². The second kappa shape index (κ2) is 3.66. The Morgan fingerprint density at radius 3 is 3.00 bits per heavy atom. The van der Waals surface area contributed by atoms with Crippen LogP contribution in [0.2, 0.25) is 0 Å². The Hall–Kier alpha value is -1.36. The largest absolute Gasteiger partial charge is 0.481 e. The number of rotatable bonds is 2. The number of H-pyrrole nitrogens is 1. The van der Waals surface area contributed by atoms with Crippen molar-refractivity contribution in [3.05, 3.63) is 28.4 Å². The molecule has 0 aliphatic rings. The van der Waals surface area contributed by atoms with E-state index < -0.39 is 11.9 Å². The molecular formula is C10H9BrN2O2. The SMILES string of the molecule is CC(C(=O)O)c1[nH]nc2c(Br)cccc12. The van der Waals surface area contributed by atoms with Crippen molar-refractivity contribution < 1.29 is 9.90 Å². The molecule has 2 aromatic rings. The van der Waals surface area contributed by atoms with Gasteiger partial charge in [0.15, 0.2) is 0 Å². The second-order valence-corrected chi connectivity index (χ2v) is 4.19. The lowest BCUT2D eigenvalue weighted by Crippen LogP contribution is -2.07. The van der Waals surface area contributed by atoms with Crippen LogP contribution in [0.25, 0.3) is 10.9 Å². The zero-order valence-electron chi connectivity index (χ0n) is 7.99. The normalized spacial score (nSPS) is 12.9. The molecule has 1 heterocycles. The van der Waals surface area contributed by atoms with Gasteiger partial charge in [0.2, 0.25) is 0 Å². The zero-order valence-corrected chi connectivity index (χ0v) is 9.58. The number of aliphatic carboxylic acids is 1. The molecule has 1 atom stereocenters. The topological polar surface area (TPSA) is 66.0 Å². The summed E-state index contributed by atoms with van der Waals surface area (Å²) < 4.78 is 0.861. The van der Waals surface area contributed by atoms with Crippen LogP contribution in [-0.4, -0.2) is 21.3 Å². The van der Waals surface area contributed by atoms with Gasteiger partial charge < -0.3 is 5.11 Å². The summed E-state index contributed by atoms with van der Waals surface area (Å²) in [4.78, 5) is 10.9. The number of benzene rings is 1. The number of hydrogen-bond acceptors (Lipinski definition) is 2. The van der Waals surface area contributed by atoms with Gasteiger partial charge >= 0.3 is 5.97 Å². The van der Waals surface area contributed by atoms with Gasteiger partial charge in [0.05, 0.1) is 11.6 Å². The molecule has 0 aliphatic carbocycles. The van der Waals surface area contributed by atoms with Crippen LogP contribution in [0.1, 0.15) is 18.5 Å². The summed E-state index contributed by atoms with van der Waals surface area (Å²) in [5.41, 5.74) is 1.40. The predicted molar refractivity (Wildman–Crippen MR) is 59.8 cm³/mol. The first-order valence-corrected chi connectivity index (χ1v) is 5.26. The fourth-order valence-corrected chi connectivity index (χ4v) is 1.93. The minimum absolute atomic E-state index is 0.579. The lowest BCUT2D eigenvalue weighted by atomic mass is 10.0. The van der Waals surface area contributed by atoms with Crippen molar-refractivity contribution in [2.75, 3.05) is 0 Å². The van der Waals surface area contributed by atoms with E-state index in [2.05, 4.69) is 26.1 Å². The molecular weight excluding hydrogens is 260 g/mol. The Balaban J connectivity index is 2.64. The maximum absolute atomic E-state index is 10.9. The number of aromatic amines is 1. The average molecular weight is 269 g/mol. The molecule has 0 saturated heterocycles. The fourth-order valence-electron chi connectivity index (χ4n) is 1.48. The molecule has 2 rings (SSSR count). The van der Waals surface area contributed by atoms with E-state index >= 15 is 0 Å². The van der Waals surface area contributed by atoms with Crippen molar-refractivity contribution in [2.24, 2.45) is 0 Å². The van der Waals surface area contributed by atoms with Crippen LogP contribution in [0.15, 0.2) is 22.7 Å². The van der Waals surface area contributed by atoms with E-state index in [0.717, 1.165) is 15.4 Å². The van der Waals surface area contributed by atoms with Crippen LogP contribution in [0.5, 0.6) is 0 Å². The lowest BCUT2D eigenvalue weighted by molar-refractivity contribution is -0.138. The van der Waals surface area contributed by atoms with Crippen LogP contribution >= 0.6 is 15.9 Å². The number of nitrogens with zero attached hydrogens (tertiary/aromatic N) is 1. The molecule has 15 heavy (non-hydrogen) atoms. The molecule has 5 heteroatoms. The van der Waals surface area contributed by atoms with Crippen LogP contribution in [0.3, 0.4) is 0 Å². The zero-order chi connectivity index (χ0) is 11.0. The molecule has 2 N–H and O–H groups in total. The molecule has 78 valence electrons. The summed E-state index contributed by atoms with van der Waals surface area (Å²) in [7, 11) is 0. The molecule has 0 fully saturated rings. The minimum atomic E-state index is -0.861. The average Bonchev–Trinajstić information content (AvgIpc) is 2.61. The van der Waals surface area contributed by atoms with E-state index in [-0.39, 0.29) is 0 Å². The highest BCUT2D eigenvalue weighted by Gasteiger charge is 2.19. The Morgan fingerprint density at radius 1 is 1.60 bits per heavy atom. The van der Waals surface area contributed by atoms with Gasteiger partial charge in [-0.1, -0.05) is 12.1 Å². The van der Waals surface area contributed by atoms with Crippen molar-refractivity contribution >= 4 is 32.8 Å². The number of carboxylic acid groups (broad SMARTS) is 1. The third-order valence-corrected chi connectivity index (χ3v) is 3.01. The van der Waals surface area contributed by atoms with Crippen molar-refractivity contribution in [1.82, 2.24) is 10.2 Å². The first kappa shape index (κ1) is 10.2. The summed E-state index contributed by atoms with van der Waals surface area (Å²) in [6, 6.07) is 5.59. The van der Waals surface area contributed by atoms with Gasteiger partial charge in [-0.2, -0.15) is 5.10 Å². The Labute approximate surface area is 94.4 Å². The third kappa shape index (κ3) is 1.63. The van der Waals surface area contributed by atoms with Crippen LogP contribution in [-0.2, 0) is 4.79 Å². The quantitative estimate of drug-likeness (QED) is 0.880. The maximum atomic E-state index is 10.9. The Kier molecular flexibility index (Phi) is 2.48. The van der Waals surface area contributed by atoms with E-state index in [4.69, 9.17) is 5.11 Å². The van der Waals surface area contributed by atoms with E-state index in [1.807, 2.05) is 18.2 Å². The molecule has 0 saturated carbocycles. The smallest absolute Gasteiger partial charge is 0.312 e. The summed E-state index contributed by atoms with van der Waals surface area (Å²) in [6.07, 6.45) is 0. The predicted octanol–water partition coefficient (Wildman–Crippen LogP) is 2.51. The number of halogens is 1. The van der Waals surface area contributed by atoms with Crippen molar-refractivity contribution in [3.8, 4) is 0 Å². The van der Waals surface area contributed by atoms with Crippen LogP contribution < -0.4 is 0 Å². The highest BCUT2D eigenvalue weighted by atomic mass is 79.9. The highest BCUT2D eigenvalue weighted by molar-refractivity contribution is 9.10. The van der Waals surface area contributed by atoms with Gasteiger partial charge in [0.25, 0.3) is 0 Å². The van der Waals surface area contributed by atoms with Gasteiger partial charge in [-0.3, -0.25) is 9.89 Å². The first-order chi connectivity index (χ1) is 7.11. The molecule has 0 bridgehead atoms. The molecule has 4 nitrogen and oxygen atoms in total. The standard InChI is InChI=1S/C10H9BrN2O2/c1-5(10(14)15)8-6-3-2-4-7(11)9(6)13-12-8/h2-5H,1H3,(H,12,13)(H,14,15). The number of nitrogens with one attached hydrogen (secondary N) is 1. The molecule has 0 amide bonds. The number of para-hydroxylation sites is 1. The number of aromatic nitrogens is 2. The van der Waals surface area contributed by atoms with Crippen molar-refractivity contribution in [2.45, 2.75) is 12.8 Å². The monoisotopic (exact) mass is 268 g/mol. The van der Waals surface area contributed by atoms with Crippen molar-refractivity contribution in [3.63, 3.8) is 0 Å². The van der Waals surface area contributed by atoms with Gasteiger partial charge in [-0.15, -0.1) is 0 Å². The maximum Gasteiger partial charge on any atom is 0.312 e. The fraction of sp³-hybridized carbons (Fsp3) is 0.200. The summed E-state index contributed by atoms with van der Waals surface area (Å²) in [5.74, 6) is -1.44. The third-order valence-electron chi connectivity index (χ3n) is 2.37. The van der Waals surface area contributed by atoms with E-state index in [1.165, 1.54) is 0 Å². The highest BCUT2D eigenvalue weighted by Crippen LogP contribution is 2.27. The van der Waals surface area contributed by atoms with Gasteiger partial charge in [0, 0.05) is 9.86 Å². The molecule has 0 aliphatic heterocycles. The molecule has 1 unspecified atom stereocenters. The summed E-state index contributed by atoms with van der Waals surface area (Å²) in [6.45, 7) is 1.64. The van der Waals surface area contributed by atoms with E-state index in [1.54, 1.807) is 6.92 Å². The number of hydrogen-bond donors (Lipinski definition) is 2. The number of fused-ring (bicyclic) bond motifs is 1. The van der Waals surface area contributed by atoms with Crippen LogP contribution in [0, 0.1) is 0 Å². The number of carbonyl (C=O) groups is 1. The summed E-state index contributed by atoms with van der Waals surface area (Å²) >= 11 is 3.37. The molecule has 0 radical (unpaired) electrons. The second-order valence-electron chi connectivity index (χ2n) is 3.33. The van der Waals surface area contributed by atoms with E-state index in [9.17, 15) is 4.79 Å². The first-order valence-electron chi connectivity index (χ1n) is 4.46. The molecule has 1 aromatic heterocycles.